The van der Waals surface area contributed by atoms with Crippen molar-refractivity contribution in [3.05, 3.63) is 47.5 Å². The summed E-state index contributed by atoms with van der Waals surface area (Å²) in [6.45, 7) is 6.84. The van der Waals surface area contributed by atoms with Crippen molar-refractivity contribution < 1.29 is 0 Å². The molecule has 3 rings (SSSR count). The molecule has 0 unspecified atom stereocenters. The summed E-state index contributed by atoms with van der Waals surface area (Å²) in [6.07, 6.45) is 2.36. The Hall–Kier alpha value is -1.41. The van der Waals surface area contributed by atoms with E-state index in [0.717, 1.165) is 6.42 Å². The molecule has 1 aliphatic heterocycles. The van der Waals surface area contributed by atoms with Crippen LogP contribution in [0.3, 0.4) is 0 Å². The summed E-state index contributed by atoms with van der Waals surface area (Å²) in [5.74, 6) is 0.546. The van der Waals surface area contributed by atoms with Gasteiger partial charge in [0.15, 0.2) is 0 Å². The highest BCUT2D eigenvalue weighted by Crippen LogP contribution is 2.47. The fourth-order valence-electron chi connectivity index (χ4n) is 2.92. The Balaban J connectivity index is 2.11. The van der Waals surface area contributed by atoms with Gasteiger partial charge in [-0.1, -0.05) is 57.2 Å². The van der Waals surface area contributed by atoms with E-state index in [1.54, 1.807) is 0 Å². The normalized spacial score (nSPS) is 12.8. The van der Waals surface area contributed by atoms with Crippen LogP contribution in [0.15, 0.2) is 46.2 Å². The molecule has 1 heterocycles. The minimum absolute atomic E-state index is 0.546. The lowest BCUT2D eigenvalue weighted by Crippen LogP contribution is -2.07. The molecule has 0 saturated carbocycles. The van der Waals surface area contributed by atoms with E-state index >= 15 is 0 Å². The van der Waals surface area contributed by atoms with Crippen molar-refractivity contribution in [2.45, 2.75) is 49.3 Å². The second kappa shape index (κ2) is 5.53. The molecule has 2 aromatic carbocycles. The van der Waals surface area contributed by atoms with Gasteiger partial charge in [0.25, 0.3) is 0 Å². The fraction of sp³-hybridized carbons (Fsp3) is 0.333. The zero-order valence-corrected chi connectivity index (χ0v) is 13.2. The number of rotatable bonds is 3. The lowest BCUT2D eigenvalue weighted by molar-refractivity contribution is 0.818. The van der Waals surface area contributed by atoms with Crippen LogP contribution >= 0.6 is 11.8 Å². The first-order valence-electron chi connectivity index (χ1n) is 7.40. The van der Waals surface area contributed by atoms with Crippen molar-refractivity contribution in [2.75, 3.05) is 5.32 Å². The van der Waals surface area contributed by atoms with E-state index in [0.29, 0.717) is 5.92 Å². The summed E-state index contributed by atoms with van der Waals surface area (Å²) in [5.41, 5.74) is 5.55. The van der Waals surface area contributed by atoms with Gasteiger partial charge in [-0.3, -0.25) is 0 Å². The van der Waals surface area contributed by atoms with Crippen molar-refractivity contribution in [2.24, 2.45) is 0 Å². The predicted molar refractivity (Wildman–Crippen MR) is 88.4 cm³/mol. The molecule has 1 N–H and O–H groups in total. The smallest absolute Gasteiger partial charge is 0.0564 e. The molecule has 0 saturated heterocycles. The Kier molecular flexibility index (Phi) is 3.75. The number of para-hydroxylation sites is 1. The number of fused-ring (bicyclic) bond motifs is 2. The first kappa shape index (κ1) is 13.6. The Morgan fingerprint density at radius 2 is 1.85 bits per heavy atom. The largest absolute Gasteiger partial charge is 0.353 e. The Bertz CT molecular complexity index is 631. The second-order valence-corrected chi connectivity index (χ2v) is 6.72. The van der Waals surface area contributed by atoms with Crippen LogP contribution in [0.25, 0.3) is 0 Å². The van der Waals surface area contributed by atoms with Crippen LogP contribution in [0, 0.1) is 0 Å². The van der Waals surface area contributed by atoms with Gasteiger partial charge >= 0.3 is 0 Å². The average Bonchev–Trinajstić information content (AvgIpc) is 2.45. The van der Waals surface area contributed by atoms with Crippen LogP contribution in [-0.2, 0) is 6.42 Å². The number of nitrogens with one attached hydrogen (secondary N) is 1. The second-order valence-electron chi connectivity index (χ2n) is 5.64. The van der Waals surface area contributed by atoms with Crippen LogP contribution in [-0.4, -0.2) is 0 Å². The van der Waals surface area contributed by atoms with E-state index in [1.807, 2.05) is 11.8 Å². The topological polar surface area (TPSA) is 12.0 Å². The summed E-state index contributed by atoms with van der Waals surface area (Å²) in [7, 11) is 0. The summed E-state index contributed by atoms with van der Waals surface area (Å²) in [5, 5.41) is 3.67. The molecule has 2 heteroatoms. The first-order chi connectivity index (χ1) is 9.70. The van der Waals surface area contributed by atoms with E-state index in [4.69, 9.17) is 0 Å². The lowest BCUT2D eigenvalue weighted by Gasteiger charge is -2.26. The highest BCUT2D eigenvalue weighted by atomic mass is 32.2. The van der Waals surface area contributed by atoms with Crippen LogP contribution in [0.2, 0.25) is 0 Å². The van der Waals surface area contributed by atoms with E-state index in [1.165, 1.54) is 38.7 Å². The van der Waals surface area contributed by atoms with Crippen molar-refractivity contribution in [1.29, 1.82) is 0 Å². The number of aryl methyl sites for hydroxylation is 1. The van der Waals surface area contributed by atoms with Crippen molar-refractivity contribution >= 4 is 23.1 Å². The van der Waals surface area contributed by atoms with Gasteiger partial charge in [0.1, 0.15) is 0 Å². The van der Waals surface area contributed by atoms with Crippen molar-refractivity contribution in [1.82, 2.24) is 0 Å². The van der Waals surface area contributed by atoms with Gasteiger partial charge in [-0.15, -0.1) is 0 Å². The molecular formula is C18H21NS. The SMILES string of the molecule is CCCc1ccc2c(c1C(C)C)Nc1ccccc1S2. The quantitative estimate of drug-likeness (QED) is 0.635. The molecule has 0 radical (unpaired) electrons. The monoisotopic (exact) mass is 283 g/mol. The van der Waals surface area contributed by atoms with E-state index < -0.39 is 0 Å². The molecule has 0 bridgehead atoms. The van der Waals surface area contributed by atoms with Crippen LogP contribution < -0.4 is 5.32 Å². The summed E-state index contributed by atoms with van der Waals surface area (Å²) < 4.78 is 0. The summed E-state index contributed by atoms with van der Waals surface area (Å²) in [4.78, 5) is 2.67. The fourth-order valence-corrected chi connectivity index (χ4v) is 3.93. The van der Waals surface area contributed by atoms with Crippen LogP contribution in [0.1, 0.15) is 44.2 Å². The maximum atomic E-state index is 3.67. The number of hydrogen-bond acceptors (Lipinski definition) is 2. The molecule has 0 amide bonds. The van der Waals surface area contributed by atoms with Gasteiger partial charge < -0.3 is 5.32 Å². The molecular weight excluding hydrogens is 262 g/mol. The third-order valence-corrected chi connectivity index (χ3v) is 4.90. The molecule has 2 aromatic rings. The maximum absolute atomic E-state index is 3.67. The van der Waals surface area contributed by atoms with Gasteiger partial charge in [0, 0.05) is 9.79 Å². The van der Waals surface area contributed by atoms with E-state index in [-0.39, 0.29) is 0 Å². The van der Waals surface area contributed by atoms with Gasteiger partial charge in [0.2, 0.25) is 0 Å². The molecule has 1 aliphatic rings. The van der Waals surface area contributed by atoms with Gasteiger partial charge in [0.05, 0.1) is 11.4 Å². The minimum Gasteiger partial charge on any atom is -0.353 e. The molecule has 0 aromatic heterocycles. The molecule has 104 valence electrons. The average molecular weight is 283 g/mol. The van der Waals surface area contributed by atoms with Crippen LogP contribution in [0.4, 0.5) is 11.4 Å². The zero-order valence-electron chi connectivity index (χ0n) is 12.4. The summed E-state index contributed by atoms with van der Waals surface area (Å²) >= 11 is 1.88. The Morgan fingerprint density at radius 1 is 1.05 bits per heavy atom. The zero-order chi connectivity index (χ0) is 14.1. The van der Waals surface area contributed by atoms with Gasteiger partial charge in [-0.25, -0.2) is 0 Å². The first-order valence-corrected chi connectivity index (χ1v) is 8.22. The number of benzene rings is 2. The molecule has 1 nitrogen and oxygen atoms in total. The highest BCUT2D eigenvalue weighted by Gasteiger charge is 2.21. The Morgan fingerprint density at radius 3 is 2.60 bits per heavy atom. The lowest BCUT2D eigenvalue weighted by atomic mass is 9.92. The van der Waals surface area contributed by atoms with Crippen molar-refractivity contribution in [3.8, 4) is 0 Å². The van der Waals surface area contributed by atoms with E-state index in [2.05, 4.69) is 62.5 Å². The highest BCUT2D eigenvalue weighted by molar-refractivity contribution is 7.99. The Labute approximate surface area is 125 Å². The third-order valence-electron chi connectivity index (χ3n) is 3.76. The molecule has 0 atom stereocenters. The third kappa shape index (κ3) is 2.33. The molecule has 0 fully saturated rings. The van der Waals surface area contributed by atoms with Gasteiger partial charge in [-0.05, 0) is 41.7 Å². The minimum atomic E-state index is 0.546. The number of anilines is 2. The van der Waals surface area contributed by atoms with Crippen molar-refractivity contribution in [3.63, 3.8) is 0 Å². The molecule has 0 spiro atoms. The van der Waals surface area contributed by atoms with Crippen LogP contribution in [0.5, 0.6) is 0 Å². The molecule has 0 aliphatic carbocycles. The molecule has 20 heavy (non-hydrogen) atoms. The summed E-state index contributed by atoms with van der Waals surface area (Å²) in [6, 6.07) is 13.2. The standard InChI is InChI=1S/C18H21NS/c1-4-7-13-10-11-16-18(17(13)12(2)3)19-14-8-5-6-9-15(14)20-16/h5-6,8-12,19H,4,7H2,1-3H3. The predicted octanol–water partition coefficient (Wildman–Crippen LogP) is 5.97. The van der Waals surface area contributed by atoms with Gasteiger partial charge in [-0.2, -0.15) is 0 Å². The number of hydrogen-bond donors (Lipinski definition) is 1. The maximum Gasteiger partial charge on any atom is 0.0564 e. The van der Waals surface area contributed by atoms with E-state index in [9.17, 15) is 0 Å².